The van der Waals surface area contributed by atoms with E-state index in [2.05, 4.69) is 0 Å². The van der Waals surface area contributed by atoms with Crippen molar-refractivity contribution in [2.75, 3.05) is 17.7 Å². The summed E-state index contributed by atoms with van der Waals surface area (Å²) in [6, 6.07) is 12.7. The number of nitrogen functional groups attached to an aromatic ring is 1. The van der Waals surface area contributed by atoms with E-state index >= 15 is 0 Å². The molecule has 0 aromatic heterocycles. The molecule has 20 heavy (non-hydrogen) atoms. The van der Waals surface area contributed by atoms with Crippen LogP contribution in [-0.4, -0.2) is 13.0 Å². The van der Waals surface area contributed by atoms with Gasteiger partial charge in [0.1, 0.15) is 0 Å². The average Bonchev–Trinajstić information content (AvgIpc) is 2.41. The van der Waals surface area contributed by atoms with Gasteiger partial charge >= 0.3 is 0 Å². The van der Waals surface area contributed by atoms with Crippen molar-refractivity contribution in [2.24, 2.45) is 5.73 Å². The molecule has 0 aliphatic heterocycles. The van der Waals surface area contributed by atoms with Crippen molar-refractivity contribution in [3.8, 4) is 0 Å². The highest BCUT2D eigenvalue weighted by molar-refractivity contribution is 6.31. The highest BCUT2D eigenvalue weighted by Crippen LogP contribution is 2.22. The van der Waals surface area contributed by atoms with E-state index in [0.717, 1.165) is 16.9 Å². The van der Waals surface area contributed by atoms with Crippen LogP contribution in [0, 0.1) is 0 Å². The Kier molecular flexibility index (Phi) is 4.15. The fourth-order valence-corrected chi connectivity index (χ4v) is 2.14. The Bertz CT molecular complexity index is 626. The Labute approximate surface area is 122 Å². The van der Waals surface area contributed by atoms with Gasteiger partial charge in [0.25, 0.3) is 0 Å². The minimum atomic E-state index is -0.481. The van der Waals surface area contributed by atoms with Crippen LogP contribution in [0.15, 0.2) is 42.5 Å². The molecule has 0 saturated heterocycles. The number of rotatable bonds is 4. The molecule has 0 bridgehead atoms. The largest absolute Gasteiger partial charge is 0.399 e. The molecule has 5 heteroatoms. The average molecular weight is 290 g/mol. The number of halogens is 1. The second-order valence-electron chi connectivity index (χ2n) is 4.62. The van der Waals surface area contributed by atoms with Crippen LogP contribution < -0.4 is 16.4 Å². The topological polar surface area (TPSA) is 72.3 Å². The molecule has 0 unspecified atom stereocenters. The summed E-state index contributed by atoms with van der Waals surface area (Å²) in [5.74, 6) is -0.481. The molecule has 0 radical (unpaired) electrons. The third-order valence-electron chi connectivity index (χ3n) is 3.08. The molecule has 4 nitrogen and oxygen atoms in total. The third kappa shape index (κ3) is 3.22. The number of nitrogens with two attached hydrogens (primary N) is 2. The van der Waals surface area contributed by atoms with E-state index in [1.165, 1.54) is 0 Å². The molecule has 0 heterocycles. The van der Waals surface area contributed by atoms with Crippen LogP contribution in [0.3, 0.4) is 0 Å². The molecule has 2 aromatic carbocycles. The number of benzene rings is 2. The summed E-state index contributed by atoms with van der Waals surface area (Å²) < 4.78 is 0. The van der Waals surface area contributed by atoms with Gasteiger partial charge in [-0.05, 0) is 42.0 Å². The first-order valence-electron chi connectivity index (χ1n) is 6.12. The lowest BCUT2D eigenvalue weighted by molar-refractivity contribution is 0.100. The first kappa shape index (κ1) is 14.2. The van der Waals surface area contributed by atoms with Crippen molar-refractivity contribution in [1.82, 2.24) is 0 Å². The first-order chi connectivity index (χ1) is 9.47. The van der Waals surface area contributed by atoms with Crippen molar-refractivity contribution < 1.29 is 4.79 Å². The van der Waals surface area contributed by atoms with E-state index in [1.807, 2.05) is 42.3 Å². The molecule has 0 atom stereocenters. The Morgan fingerprint density at radius 2 is 1.85 bits per heavy atom. The van der Waals surface area contributed by atoms with Crippen molar-refractivity contribution >= 4 is 28.9 Å². The highest BCUT2D eigenvalue weighted by atomic mass is 35.5. The Balaban J connectivity index is 2.17. The molecular formula is C15H16ClN3O. The molecule has 2 rings (SSSR count). The maximum absolute atomic E-state index is 11.1. The fraction of sp³-hybridized carbons (Fsp3) is 0.133. The molecule has 0 saturated carbocycles. The van der Waals surface area contributed by atoms with Gasteiger partial charge in [-0.2, -0.15) is 0 Å². The molecule has 4 N–H and O–H groups in total. The second-order valence-corrected chi connectivity index (χ2v) is 5.03. The molecular weight excluding hydrogens is 274 g/mol. The quantitative estimate of drug-likeness (QED) is 0.850. The van der Waals surface area contributed by atoms with Crippen LogP contribution in [0.5, 0.6) is 0 Å². The maximum Gasteiger partial charge on any atom is 0.248 e. The number of anilines is 2. The zero-order valence-corrected chi connectivity index (χ0v) is 11.9. The smallest absolute Gasteiger partial charge is 0.248 e. The van der Waals surface area contributed by atoms with Crippen molar-refractivity contribution in [3.63, 3.8) is 0 Å². The number of nitrogens with zero attached hydrogens (tertiary/aromatic N) is 1. The van der Waals surface area contributed by atoms with Gasteiger partial charge in [0.05, 0.1) is 0 Å². The second kappa shape index (κ2) is 5.84. The number of hydrogen-bond donors (Lipinski definition) is 2. The van der Waals surface area contributed by atoms with E-state index in [1.54, 1.807) is 12.1 Å². The zero-order chi connectivity index (χ0) is 14.7. The maximum atomic E-state index is 11.1. The van der Waals surface area contributed by atoms with Gasteiger partial charge < -0.3 is 16.4 Å². The Morgan fingerprint density at radius 1 is 1.20 bits per heavy atom. The van der Waals surface area contributed by atoms with Crippen LogP contribution in [0.2, 0.25) is 5.02 Å². The summed E-state index contributed by atoms with van der Waals surface area (Å²) in [6.45, 7) is 0.627. The molecule has 2 aromatic rings. The van der Waals surface area contributed by atoms with Crippen LogP contribution in [0.25, 0.3) is 0 Å². The number of primary amides is 1. The Morgan fingerprint density at radius 3 is 2.40 bits per heavy atom. The van der Waals surface area contributed by atoms with Crippen molar-refractivity contribution in [1.29, 1.82) is 0 Å². The normalized spacial score (nSPS) is 10.3. The van der Waals surface area contributed by atoms with Gasteiger partial charge in [-0.15, -0.1) is 0 Å². The number of carbonyl (C=O) groups is 1. The third-order valence-corrected chi connectivity index (χ3v) is 3.43. The molecule has 1 amide bonds. The SMILES string of the molecule is CN(Cc1ccc(C(N)=O)cc1Cl)c1ccc(N)cc1. The van der Waals surface area contributed by atoms with Crippen LogP contribution in [-0.2, 0) is 6.54 Å². The van der Waals surface area contributed by atoms with Gasteiger partial charge in [0.15, 0.2) is 0 Å². The lowest BCUT2D eigenvalue weighted by Gasteiger charge is -2.20. The van der Waals surface area contributed by atoms with Crippen molar-refractivity contribution in [3.05, 3.63) is 58.6 Å². The van der Waals surface area contributed by atoms with E-state index in [-0.39, 0.29) is 0 Å². The van der Waals surface area contributed by atoms with Crippen LogP contribution in [0.4, 0.5) is 11.4 Å². The number of amides is 1. The first-order valence-corrected chi connectivity index (χ1v) is 6.50. The summed E-state index contributed by atoms with van der Waals surface area (Å²) in [6.07, 6.45) is 0. The highest BCUT2D eigenvalue weighted by Gasteiger charge is 2.08. The van der Waals surface area contributed by atoms with E-state index in [0.29, 0.717) is 17.1 Å². The van der Waals surface area contributed by atoms with E-state index < -0.39 is 5.91 Å². The van der Waals surface area contributed by atoms with Crippen molar-refractivity contribution in [2.45, 2.75) is 6.54 Å². The zero-order valence-electron chi connectivity index (χ0n) is 11.1. The predicted molar refractivity (Wildman–Crippen MR) is 82.9 cm³/mol. The molecule has 104 valence electrons. The van der Waals surface area contributed by atoms with Gasteiger partial charge in [0, 0.05) is 35.6 Å². The Hall–Kier alpha value is -2.20. The lowest BCUT2D eigenvalue weighted by Crippen LogP contribution is -2.17. The predicted octanol–water partition coefficient (Wildman–Crippen LogP) is 2.66. The summed E-state index contributed by atoms with van der Waals surface area (Å²) in [4.78, 5) is 13.1. The minimum absolute atomic E-state index is 0.411. The molecule has 0 spiro atoms. The van der Waals surface area contributed by atoms with Crippen LogP contribution >= 0.6 is 11.6 Å². The van der Waals surface area contributed by atoms with Gasteiger partial charge in [0.2, 0.25) is 5.91 Å². The summed E-state index contributed by atoms with van der Waals surface area (Å²) in [5, 5.41) is 0.531. The summed E-state index contributed by atoms with van der Waals surface area (Å²) >= 11 is 6.18. The number of hydrogen-bond acceptors (Lipinski definition) is 3. The molecule has 0 aliphatic rings. The van der Waals surface area contributed by atoms with Gasteiger partial charge in [-0.1, -0.05) is 17.7 Å². The van der Waals surface area contributed by atoms with Gasteiger partial charge in [-0.3, -0.25) is 4.79 Å². The molecule has 0 aliphatic carbocycles. The lowest BCUT2D eigenvalue weighted by atomic mass is 10.1. The fourth-order valence-electron chi connectivity index (χ4n) is 1.90. The summed E-state index contributed by atoms with van der Waals surface area (Å²) in [5.41, 5.74) is 14.0. The minimum Gasteiger partial charge on any atom is -0.399 e. The van der Waals surface area contributed by atoms with Crippen LogP contribution in [0.1, 0.15) is 15.9 Å². The van der Waals surface area contributed by atoms with Gasteiger partial charge in [-0.25, -0.2) is 0 Å². The number of carbonyl (C=O) groups excluding carboxylic acids is 1. The van der Waals surface area contributed by atoms with E-state index in [4.69, 9.17) is 23.1 Å². The standard InChI is InChI=1S/C15H16ClN3O/c1-19(13-6-4-12(17)5-7-13)9-11-3-2-10(15(18)20)8-14(11)16/h2-8H,9,17H2,1H3,(H2,18,20). The summed E-state index contributed by atoms with van der Waals surface area (Å²) in [7, 11) is 1.96. The molecule has 0 fully saturated rings. The van der Waals surface area contributed by atoms with E-state index in [9.17, 15) is 4.79 Å². The monoisotopic (exact) mass is 289 g/mol.